The van der Waals surface area contributed by atoms with Gasteiger partial charge in [-0.3, -0.25) is 4.79 Å². The first-order chi connectivity index (χ1) is 7.85. The van der Waals surface area contributed by atoms with Gasteiger partial charge in [0.15, 0.2) is 6.29 Å². The maximum atomic E-state index is 10.8. The third-order valence-electron chi connectivity index (χ3n) is 2.38. The molecule has 1 heterocycles. The molecule has 1 aromatic heterocycles. The summed E-state index contributed by atoms with van der Waals surface area (Å²) in [6.45, 7) is 0. The van der Waals surface area contributed by atoms with E-state index in [1.165, 1.54) is 0 Å². The van der Waals surface area contributed by atoms with Crippen LogP contribution < -0.4 is 0 Å². The zero-order chi connectivity index (χ0) is 11.4. The lowest BCUT2D eigenvalue weighted by Crippen LogP contribution is -1.98. The number of carbonyl (C=O) groups excluding carboxylic acids is 1. The fourth-order valence-electron chi connectivity index (χ4n) is 1.60. The minimum Gasteiger partial charge on any atom is -0.318 e. The van der Waals surface area contributed by atoms with Crippen LogP contribution in [-0.4, -0.2) is 10.9 Å². The number of carbonyl (C=O) groups is 1. The van der Waals surface area contributed by atoms with E-state index >= 15 is 0 Å². The Morgan fingerprint density at radius 1 is 1.38 bits per heavy atom. The van der Waals surface area contributed by atoms with Gasteiger partial charge in [-0.05, 0) is 35.5 Å². The molecule has 0 aromatic carbocycles. The first-order valence-corrected chi connectivity index (χ1v) is 4.89. The van der Waals surface area contributed by atoms with Crippen molar-refractivity contribution in [3.63, 3.8) is 0 Å². The lowest BCUT2D eigenvalue weighted by molar-refractivity contribution is 0.111. The molecule has 80 valence electrons. The molecule has 4 heteroatoms. The molecule has 0 saturated heterocycles. The molecule has 0 N–H and O–H groups in total. The molecular formula is C12H10N2O2. The Labute approximate surface area is 92.6 Å². The summed E-state index contributed by atoms with van der Waals surface area (Å²) in [7, 11) is 0. The zero-order valence-corrected chi connectivity index (χ0v) is 8.54. The number of aldehydes is 1. The molecule has 4 nitrogen and oxygen atoms in total. The van der Waals surface area contributed by atoms with Crippen LogP contribution in [-0.2, 0) is 0 Å². The highest BCUT2D eigenvalue weighted by Gasteiger charge is 2.05. The molecule has 0 atom stereocenters. The summed E-state index contributed by atoms with van der Waals surface area (Å²) in [6.07, 6.45) is 10.2. The highest BCUT2D eigenvalue weighted by molar-refractivity contribution is 5.75. The van der Waals surface area contributed by atoms with Crippen LogP contribution in [0.1, 0.15) is 16.9 Å². The minimum atomic E-state index is 0.384. The van der Waals surface area contributed by atoms with Crippen molar-refractivity contribution in [2.24, 2.45) is 5.18 Å². The number of nitrogens with zero attached hydrogens (tertiary/aromatic N) is 2. The highest BCUT2D eigenvalue weighted by atomic mass is 16.3. The van der Waals surface area contributed by atoms with Crippen LogP contribution in [0.3, 0.4) is 0 Å². The zero-order valence-electron chi connectivity index (χ0n) is 8.54. The van der Waals surface area contributed by atoms with E-state index in [0.717, 1.165) is 12.0 Å². The molecule has 2 rings (SSSR count). The Kier molecular flexibility index (Phi) is 2.91. The maximum Gasteiger partial charge on any atom is 0.166 e. The fourth-order valence-corrected chi connectivity index (χ4v) is 1.60. The topological polar surface area (TPSA) is 51.4 Å². The van der Waals surface area contributed by atoms with Gasteiger partial charge in [0.1, 0.15) is 5.70 Å². The predicted octanol–water partition coefficient (Wildman–Crippen LogP) is 2.75. The van der Waals surface area contributed by atoms with Crippen LogP contribution in [0.15, 0.2) is 53.5 Å². The number of hydrogen-bond donors (Lipinski definition) is 0. The van der Waals surface area contributed by atoms with Crippen LogP contribution in [0.2, 0.25) is 0 Å². The summed E-state index contributed by atoms with van der Waals surface area (Å²) in [5.74, 6) is 0. The second-order valence-electron chi connectivity index (χ2n) is 3.37. The van der Waals surface area contributed by atoms with Crippen molar-refractivity contribution >= 4 is 12.0 Å². The first-order valence-electron chi connectivity index (χ1n) is 4.89. The van der Waals surface area contributed by atoms with Crippen molar-refractivity contribution in [1.29, 1.82) is 0 Å². The lowest BCUT2D eigenvalue weighted by atomic mass is 10.3. The van der Waals surface area contributed by atoms with E-state index in [9.17, 15) is 9.70 Å². The average Bonchev–Trinajstić information content (AvgIpc) is 2.66. The fraction of sp³-hybridized carbons (Fsp3) is 0.0833. The second-order valence-corrected chi connectivity index (χ2v) is 3.37. The van der Waals surface area contributed by atoms with E-state index in [-0.39, 0.29) is 0 Å². The summed E-state index contributed by atoms with van der Waals surface area (Å²) in [4.78, 5) is 21.2. The van der Waals surface area contributed by atoms with Crippen molar-refractivity contribution in [2.75, 3.05) is 0 Å². The highest BCUT2D eigenvalue weighted by Crippen LogP contribution is 2.18. The predicted molar refractivity (Wildman–Crippen MR) is 61.7 cm³/mol. The van der Waals surface area contributed by atoms with Gasteiger partial charge in [-0.1, -0.05) is 6.08 Å². The summed E-state index contributed by atoms with van der Waals surface area (Å²) >= 11 is 0. The SMILES string of the molecule is O=Cc1cccn1C1=CC=C(N=O)C=CC1. The van der Waals surface area contributed by atoms with Crippen LogP contribution >= 0.6 is 0 Å². The molecule has 0 amide bonds. The average molecular weight is 214 g/mol. The van der Waals surface area contributed by atoms with E-state index in [0.29, 0.717) is 17.8 Å². The lowest BCUT2D eigenvalue weighted by Gasteiger charge is -2.07. The summed E-state index contributed by atoms with van der Waals surface area (Å²) in [6, 6.07) is 3.55. The maximum absolute atomic E-state index is 10.8. The number of nitroso groups, excluding NO2 is 1. The first kappa shape index (κ1) is 10.3. The van der Waals surface area contributed by atoms with Crippen LogP contribution in [0, 0.1) is 4.91 Å². The van der Waals surface area contributed by atoms with Crippen molar-refractivity contribution in [2.45, 2.75) is 6.42 Å². The molecule has 1 aromatic rings. The molecule has 0 fully saturated rings. The van der Waals surface area contributed by atoms with E-state index in [1.54, 1.807) is 28.9 Å². The molecule has 1 aliphatic carbocycles. The number of hydrogen-bond acceptors (Lipinski definition) is 3. The van der Waals surface area contributed by atoms with E-state index in [4.69, 9.17) is 0 Å². The quantitative estimate of drug-likeness (QED) is 0.573. The van der Waals surface area contributed by atoms with Gasteiger partial charge in [-0.2, -0.15) is 0 Å². The van der Waals surface area contributed by atoms with Crippen LogP contribution in [0.4, 0.5) is 0 Å². The molecule has 0 bridgehead atoms. The van der Waals surface area contributed by atoms with Crippen LogP contribution in [0.25, 0.3) is 5.70 Å². The van der Waals surface area contributed by atoms with Gasteiger partial charge < -0.3 is 4.57 Å². The van der Waals surface area contributed by atoms with Gasteiger partial charge in [0.2, 0.25) is 0 Å². The smallest absolute Gasteiger partial charge is 0.166 e. The number of allylic oxidation sites excluding steroid dienone is 5. The molecule has 0 radical (unpaired) electrons. The molecule has 1 aliphatic rings. The van der Waals surface area contributed by atoms with E-state index in [1.807, 2.05) is 18.3 Å². The van der Waals surface area contributed by atoms with Gasteiger partial charge in [-0.25, -0.2) is 0 Å². The van der Waals surface area contributed by atoms with Crippen LogP contribution in [0.5, 0.6) is 0 Å². The van der Waals surface area contributed by atoms with Crippen molar-refractivity contribution in [1.82, 2.24) is 4.57 Å². The third-order valence-corrected chi connectivity index (χ3v) is 2.38. The largest absolute Gasteiger partial charge is 0.318 e. The standard InChI is InChI=1S/C12H10N2O2/c15-9-12-5-2-8-14(12)11-4-1-3-10(13-16)6-7-11/h1-3,5-9H,4H2. The van der Waals surface area contributed by atoms with Gasteiger partial charge in [-0.15, -0.1) is 4.91 Å². The van der Waals surface area contributed by atoms with Gasteiger partial charge >= 0.3 is 0 Å². The monoisotopic (exact) mass is 214 g/mol. The molecular weight excluding hydrogens is 204 g/mol. The second kappa shape index (κ2) is 4.53. The van der Waals surface area contributed by atoms with Crippen molar-refractivity contribution in [3.8, 4) is 0 Å². The Balaban J connectivity index is 2.39. The van der Waals surface area contributed by atoms with Gasteiger partial charge in [0, 0.05) is 18.3 Å². The van der Waals surface area contributed by atoms with Gasteiger partial charge in [0.25, 0.3) is 0 Å². The summed E-state index contributed by atoms with van der Waals surface area (Å²) < 4.78 is 1.79. The van der Waals surface area contributed by atoms with Crippen molar-refractivity contribution in [3.05, 3.63) is 58.9 Å². The summed E-state index contributed by atoms with van der Waals surface area (Å²) in [5, 5.41) is 2.87. The molecule has 0 saturated carbocycles. The normalized spacial score (nSPS) is 15.0. The Morgan fingerprint density at radius 3 is 3.00 bits per heavy atom. The molecule has 0 aliphatic heterocycles. The Morgan fingerprint density at radius 2 is 2.25 bits per heavy atom. The van der Waals surface area contributed by atoms with E-state index in [2.05, 4.69) is 5.18 Å². The molecule has 0 unspecified atom stereocenters. The Hall–Kier alpha value is -2.23. The van der Waals surface area contributed by atoms with Crippen molar-refractivity contribution < 1.29 is 4.79 Å². The molecule has 16 heavy (non-hydrogen) atoms. The summed E-state index contributed by atoms with van der Waals surface area (Å²) in [5.41, 5.74) is 1.91. The number of aromatic nitrogens is 1. The third kappa shape index (κ3) is 1.91. The minimum absolute atomic E-state index is 0.384. The molecule has 0 spiro atoms. The number of rotatable bonds is 3. The van der Waals surface area contributed by atoms with E-state index < -0.39 is 0 Å². The van der Waals surface area contributed by atoms with Gasteiger partial charge in [0.05, 0.1) is 5.69 Å². The Bertz CT molecular complexity index is 507.